The zero-order valence-electron chi connectivity index (χ0n) is 17.7. The predicted molar refractivity (Wildman–Crippen MR) is 128 cm³/mol. The van der Waals surface area contributed by atoms with Crippen molar-refractivity contribution in [1.29, 1.82) is 0 Å². The van der Waals surface area contributed by atoms with Gasteiger partial charge >= 0.3 is 0 Å². The van der Waals surface area contributed by atoms with Crippen LogP contribution in [0.4, 0.5) is 5.82 Å². The first-order chi connectivity index (χ1) is 15.2. The molecule has 4 nitrogen and oxygen atoms in total. The standard InChI is InChI=1S/C27H24N4/c1-19-10-9-15-23(16-19)31-17-24(22-13-7-4-8-14-22)25-26(28-18-29-27(25)31)30-20(2)21-11-5-3-6-12-21/h3-18,20H,1-2H3,(H,28,29,30). The van der Waals surface area contributed by atoms with E-state index in [2.05, 4.69) is 113 Å². The molecule has 1 unspecified atom stereocenters. The minimum Gasteiger partial charge on any atom is -0.363 e. The number of aryl methyl sites for hydroxylation is 1. The minimum atomic E-state index is 0.116. The maximum absolute atomic E-state index is 4.69. The average Bonchev–Trinajstić information content (AvgIpc) is 3.21. The lowest BCUT2D eigenvalue weighted by atomic mass is 10.1. The Balaban J connectivity index is 1.70. The summed E-state index contributed by atoms with van der Waals surface area (Å²) in [5.74, 6) is 0.839. The van der Waals surface area contributed by atoms with Gasteiger partial charge in [-0.3, -0.25) is 0 Å². The highest BCUT2D eigenvalue weighted by atomic mass is 15.1. The first-order valence-corrected chi connectivity index (χ1v) is 10.5. The number of nitrogens with zero attached hydrogens (tertiary/aromatic N) is 3. The Labute approximate surface area is 182 Å². The molecule has 152 valence electrons. The average molecular weight is 405 g/mol. The quantitative estimate of drug-likeness (QED) is 0.360. The topological polar surface area (TPSA) is 42.7 Å². The van der Waals surface area contributed by atoms with Crippen LogP contribution in [0.5, 0.6) is 0 Å². The molecule has 2 heterocycles. The van der Waals surface area contributed by atoms with Crippen molar-refractivity contribution in [2.75, 3.05) is 5.32 Å². The van der Waals surface area contributed by atoms with Crippen molar-refractivity contribution in [3.05, 3.63) is 109 Å². The molecule has 4 heteroatoms. The fraction of sp³-hybridized carbons (Fsp3) is 0.111. The van der Waals surface area contributed by atoms with Crippen molar-refractivity contribution >= 4 is 16.9 Å². The molecule has 3 aromatic carbocycles. The highest BCUT2D eigenvalue weighted by Gasteiger charge is 2.18. The van der Waals surface area contributed by atoms with E-state index in [1.54, 1.807) is 6.33 Å². The number of hydrogen-bond donors (Lipinski definition) is 1. The molecule has 0 aliphatic heterocycles. The van der Waals surface area contributed by atoms with Crippen LogP contribution < -0.4 is 5.32 Å². The van der Waals surface area contributed by atoms with Gasteiger partial charge in [-0.05, 0) is 42.7 Å². The first-order valence-electron chi connectivity index (χ1n) is 10.5. The molecule has 1 N–H and O–H groups in total. The summed E-state index contributed by atoms with van der Waals surface area (Å²) in [6, 6.07) is 29.4. The third kappa shape index (κ3) is 3.68. The zero-order chi connectivity index (χ0) is 21.2. The van der Waals surface area contributed by atoms with Crippen molar-refractivity contribution in [2.45, 2.75) is 19.9 Å². The van der Waals surface area contributed by atoms with Gasteiger partial charge in [-0.1, -0.05) is 72.8 Å². The van der Waals surface area contributed by atoms with Gasteiger partial charge < -0.3 is 9.88 Å². The van der Waals surface area contributed by atoms with E-state index >= 15 is 0 Å². The van der Waals surface area contributed by atoms with Crippen LogP contribution in [0.1, 0.15) is 24.1 Å². The van der Waals surface area contributed by atoms with Gasteiger partial charge in [0.05, 0.1) is 5.39 Å². The van der Waals surface area contributed by atoms with Crippen molar-refractivity contribution in [3.63, 3.8) is 0 Å². The summed E-state index contributed by atoms with van der Waals surface area (Å²) in [4.78, 5) is 9.33. The number of aromatic nitrogens is 3. The van der Waals surface area contributed by atoms with E-state index < -0.39 is 0 Å². The molecule has 0 saturated carbocycles. The maximum Gasteiger partial charge on any atom is 0.150 e. The molecule has 1 atom stereocenters. The Morgan fingerprint density at radius 1 is 0.839 bits per heavy atom. The van der Waals surface area contributed by atoms with E-state index in [-0.39, 0.29) is 6.04 Å². The molecule has 0 radical (unpaired) electrons. The van der Waals surface area contributed by atoms with Crippen LogP contribution in [-0.4, -0.2) is 14.5 Å². The van der Waals surface area contributed by atoms with E-state index in [0.29, 0.717) is 0 Å². The molecule has 5 aromatic rings. The number of rotatable bonds is 5. The SMILES string of the molecule is Cc1cccc(-n2cc(-c3ccccc3)c3c(NC(C)c4ccccc4)ncnc32)c1. The normalized spacial score (nSPS) is 12.1. The Morgan fingerprint density at radius 3 is 2.32 bits per heavy atom. The molecule has 0 aliphatic rings. The summed E-state index contributed by atoms with van der Waals surface area (Å²) in [5, 5.41) is 4.65. The smallest absolute Gasteiger partial charge is 0.150 e. The van der Waals surface area contributed by atoms with Gasteiger partial charge in [0, 0.05) is 23.5 Å². The summed E-state index contributed by atoms with van der Waals surface area (Å²) in [6.45, 7) is 4.26. The van der Waals surface area contributed by atoms with E-state index in [0.717, 1.165) is 33.7 Å². The molecular formula is C27H24N4. The van der Waals surface area contributed by atoms with E-state index in [1.807, 2.05) is 12.1 Å². The van der Waals surface area contributed by atoms with E-state index in [4.69, 9.17) is 0 Å². The molecule has 0 fully saturated rings. The van der Waals surface area contributed by atoms with Gasteiger partial charge in [0.1, 0.15) is 12.1 Å². The van der Waals surface area contributed by atoms with Crippen molar-refractivity contribution in [2.24, 2.45) is 0 Å². The number of hydrogen-bond acceptors (Lipinski definition) is 3. The Kier molecular flexibility index (Phi) is 4.97. The lowest BCUT2D eigenvalue weighted by molar-refractivity contribution is 0.875. The number of nitrogens with one attached hydrogen (secondary N) is 1. The van der Waals surface area contributed by atoms with E-state index in [9.17, 15) is 0 Å². The van der Waals surface area contributed by atoms with Crippen LogP contribution in [0.3, 0.4) is 0 Å². The van der Waals surface area contributed by atoms with Crippen molar-refractivity contribution in [1.82, 2.24) is 14.5 Å². The van der Waals surface area contributed by atoms with Gasteiger partial charge in [0.15, 0.2) is 5.65 Å². The lowest BCUT2D eigenvalue weighted by Gasteiger charge is -2.16. The maximum atomic E-state index is 4.69. The van der Waals surface area contributed by atoms with Crippen LogP contribution in [0.25, 0.3) is 27.8 Å². The third-order valence-corrected chi connectivity index (χ3v) is 5.60. The second-order valence-corrected chi connectivity index (χ2v) is 7.82. The van der Waals surface area contributed by atoms with Gasteiger partial charge in [-0.2, -0.15) is 0 Å². The van der Waals surface area contributed by atoms with Gasteiger partial charge in [-0.15, -0.1) is 0 Å². The molecule has 31 heavy (non-hydrogen) atoms. The summed E-state index contributed by atoms with van der Waals surface area (Å²) >= 11 is 0. The molecule has 0 spiro atoms. The number of anilines is 1. The fourth-order valence-corrected chi connectivity index (χ4v) is 4.01. The monoisotopic (exact) mass is 404 g/mol. The van der Waals surface area contributed by atoms with Gasteiger partial charge in [0.2, 0.25) is 0 Å². The Hall–Kier alpha value is -3.92. The number of fused-ring (bicyclic) bond motifs is 1. The van der Waals surface area contributed by atoms with Crippen LogP contribution in [0.15, 0.2) is 97.5 Å². The Morgan fingerprint density at radius 2 is 1.58 bits per heavy atom. The predicted octanol–water partition coefficient (Wildman–Crippen LogP) is 6.57. The lowest BCUT2D eigenvalue weighted by Crippen LogP contribution is -2.08. The van der Waals surface area contributed by atoms with E-state index in [1.165, 1.54) is 11.1 Å². The second kappa shape index (κ2) is 8.07. The summed E-state index contributed by atoms with van der Waals surface area (Å²) in [7, 11) is 0. The van der Waals surface area contributed by atoms with Gasteiger partial charge in [-0.25, -0.2) is 9.97 Å². The summed E-state index contributed by atoms with van der Waals surface area (Å²) in [6.07, 6.45) is 3.81. The van der Waals surface area contributed by atoms with Crippen LogP contribution in [0, 0.1) is 6.92 Å². The minimum absolute atomic E-state index is 0.116. The van der Waals surface area contributed by atoms with Crippen molar-refractivity contribution < 1.29 is 0 Å². The molecule has 5 rings (SSSR count). The molecule has 0 amide bonds. The van der Waals surface area contributed by atoms with Crippen LogP contribution in [0.2, 0.25) is 0 Å². The third-order valence-electron chi connectivity index (χ3n) is 5.60. The highest BCUT2D eigenvalue weighted by Crippen LogP contribution is 2.36. The van der Waals surface area contributed by atoms with Crippen molar-refractivity contribution in [3.8, 4) is 16.8 Å². The second-order valence-electron chi connectivity index (χ2n) is 7.82. The summed E-state index contributed by atoms with van der Waals surface area (Å²) in [5.41, 5.74) is 6.67. The molecule has 0 saturated heterocycles. The Bertz CT molecular complexity index is 1320. The largest absolute Gasteiger partial charge is 0.363 e. The summed E-state index contributed by atoms with van der Waals surface area (Å²) < 4.78 is 2.16. The highest BCUT2D eigenvalue weighted by molar-refractivity contribution is 6.02. The number of benzene rings is 3. The molecular weight excluding hydrogens is 380 g/mol. The van der Waals surface area contributed by atoms with Gasteiger partial charge in [0.25, 0.3) is 0 Å². The fourth-order valence-electron chi connectivity index (χ4n) is 4.01. The van der Waals surface area contributed by atoms with Crippen LogP contribution >= 0.6 is 0 Å². The molecule has 0 aliphatic carbocycles. The first kappa shape index (κ1) is 19.1. The molecule has 2 aromatic heterocycles. The molecule has 0 bridgehead atoms. The zero-order valence-corrected chi connectivity index (χ0v) is 17.7. The van der Waals surface area contributed by atoms with Crippen LogP contribution in [-0.2, 0) is 0 Å².